The first-order valence-corrected chi connectivity index (χ1v) is 11.5. The van der Waals surface area contributed by atoms with Crippen LogP contribution in [0.2, 0.25) is 0 Å². The molecule has 2 fully saturated rings. The van der Waals surface area contributed by atoms with Crippen molar-refractivity contribution in [2.45, 2.75) is 45.1 Å². The Bertz CT molecular complexity index is 1260. The second kappa shape index (κ2) is 9.37. The van der Waals surface area contributed by atoms with Crippen LogP contribution in [0.5, 0.6) is 0 Å². The number of halogens is 3. The first kappa shape index (κ1) is 24.2. The normalized spacial score (nSPS) is 21.1. The summed E-state index contributed by atoms with van der Waals surface area (Å²) in [5.41, 5.74) is 0.475. The monoisotopic (exact) mass is 474 g/mol. The summed E-state index contributed by atoms with van der Waals surface area (Å²) in [7, 11) is 3.40. The van der Waals surface area contributed by atoms with E-state index in [9.17, 15) is 18.0 Å². The fourth-order valence-corrected chi connectivity index (χ4v) is 4.99. The minimum atomic E-state index is -2.89. The Morgan fingerprint density at radius 1 is 1.29 bits per heavy atom. The summed E-state index contributed by atoms with van der Waals surface area (Å²) in [5, 5.41) is 0.670. The van der Waals surface area contributed by atoms with Gasteiger partial charge >= 0.3 is 0 Å². The predicted octanol–water partition coefficient (Wildman–Crippen LogP) is 4.75. The summed E-state index contributed by atoms with van der Waals surface area (Å²) in [6.07, 6.45) is 0.176. The van der Waals surface area contributed by atoms with Crippen molar-refractivity contribution in [3.8, 4) is 0 Å². The zero-order chi connectivity index (χ0) is 24.6. The Hall–Kier alpha value is -2.94. The van der Waals surface area contributed by atoms with Gasteiger partial charge in [-0.2, -0.15) is 0 Å². The standard InChI is InChI=1S/C23H23F3N4O2.C2H6/c1-29(10-13-4-3-5-15(18(13)24)19(25)26)20-16-8-17(23-6-7-32-11-14(23)9-23)22(31)30(2)21(16)28-12-27-20;1-2/h3-5,8,12,14,19H,6-7,9-11H2,1-2H3;1-2H3. The number of anilines is 1. The van der Waals surface area contributed by atoms with Gasteiger partial charge in [0.05, 0.1) is 17.6 Å². The van der Waals surface area contributed by atoms with Crippen molar-refractivity contribution in [1.29, 1.82) is 0 Å². The van der Waals surface area contributed by atoms with Gasteiger partial charge in [0.15, 0.2) is 0 Å². The van der Waals surface area contributed by atoms with Crippen molar-refractivity contribution in [3.05, 3.63) is 63.5 Å². The van der Waals surface area contributed by atoms with Gasteiger partial charge in [-0.1, -0.05) is 32.0 Å². The molecule has 182 valence electrons. The highest BCUT2D eigenvalue weighted by Gasteiger charge is 2.58. The van der Waals surface area contributed by atoms with Crippen molar-refractivity contribution in [3.63, 3.8) is 0 Å². The molecule has 2 aliphatic rings. The second-order valence-corrected chi connectivity index (χ2v) is 8.72. The lowest BCUT2D eigenvalue weighted by atomic mass is 9.89. The lowest BCUT2D eigenvalue weighted by Crippen LogP contribution is -2.32. The fraction of sp³-hybridized carbons (Fsp3) is 0.480. The van der Waals surface area contributed by atoms with E-state index in [1.54, 1.807) is 19.0 Å². The van der Waals surface area contributed by atoms with Crippen LogP contribution in [0.3, 0.4) is 0 Å². The third-order valence-electron chi connectivity index (χ3n) is 6.88. The van der Waals surface area contributed by atoms with E-state index in [-0.39, 0.29) is 23.1 Å². The minimum absolute atomic E-state index is 0.0400. The van der Waals surface area contributed by atoms with Crippen LogP contribution in [0.4, 0.5) is 19.0 Å². The maximum atomic E-state index is 14.6. The van der Waals surface area contributed by atoms with Gasteiger partial charge in [0.1, 0.15) is 23.6 Å². The molecule has 2 atom stereocenters. The molecule has 0 N–H and O–H groups in total. The van der Waals surface area contributed by atoms with E-state index < -0.39 is 17.8 Å². The first-order valence-electron chi connectivity index (χ1n) is 11.5. The maximum Gasteiger partial charge on any atom is 0.266 e. The molecule has 9 heteroatoms. The largest absolute Gasteiger partial charge is 0.381 e. The predicted molar refractivity (Wildman–Crippen MR) is 125 cm³/mol. The molecule has 2 aromatic heterocycles. The number of benzene rings is 1. The van der Waals surface area contributed by atoms with Crippen molar-refractivity contribution in [1.82, 2.24) is 14.5 Å². The fourth-order valence-electron chi connectivity index (χ4n) is 4.99. The molecule has 1 aliphatic carbocycles. The summed E-state index contributed by atoms with van der Waals surface area (Å²) in [5.74, 6) is -0.0736. The van der Waals surface area contributed by atoms with E-state index in [0.717, 1.165) is 24.5 Å². The van der Waals surface area contributed by atoms with Crippen LogP contribution in [0.25, 0.3) is 11.0 Å². The van der Waals surface area contributed by atoms with Gasteiger partial charge in [-0.05, 0) is 24.8 Å². The molecular formula is C25H29F3N4O2. The quantitative estimate of drug-likeness (QED) is 0.534. The molecule has 2 unspecified atom stereocenters. The van der Waals surface area contributed by atoms with Crippen molar-refractivity contribution in [2.24, 2.45) is 13.0 Å². The highest BCUT2D eigenvalue weighted by Crippen LogP contribution is 2.58. The number of nitrogens with zero attached hydrogens (tertiary/aromatic N) is 4. The van der Waals surface area contributed by atoms with Gasteiger partial charge in [0.25, 0.3) is 12.0 Å². The maximum absolute atomic E-state index is 14.6. The molecule has 6 nitrogen and oxygen atoms in total. The van der Waals surface area contributed by atoms with E-state index in [1.165, 1.54) is 23.0 Å². The molecule has 34 heavy (non-hydrogen) atoms. The molecule has 0 radical (unpaired) electrons. The van der Waals surface area contributed by atoms with Crippen LogP contribution < -0.4 is 10.5 Å². The van der Waals surface area contributed by atoms with Gasteiger partial charge in [-0.15, -0.1) is 0 Å². The summed E-state index contributed by atoms with van der Waals surface area (Å²) >= 11 is 0. The van der Waals surface area contributed by atoms with Crippen LogP contribution in [0, 0.1) is 11.7 Å². The van der Waals surface area contributed by atoms with Crippen LogP contribution in [0.15, 0.2) is 35.4 Å². The molecule has 0 bridgehead atoms. The summed E-state index contributed by atoms with van der Waals surface area (Å²) in [6.45, 7) is 5.31. The van der Waals surface area contributed by atoms with Crippen molar-refractivity contribution in [2.75, 3.05) is 25.2 Å². The molecule has 3 aromatic rings. The Balaban J connectivity index is 0.00000133. The Labute approximate surface area is 196 Å². The molecule has 1 aromatic carbocycles. The Morgan fingerprint density at radius 3 is 2.76 bits per heavy atom. The Morgan fingerprint density at radius 2 is 2.06 bits per heavy atom. The van der Waals surface area contributed by atoms with Gasteiger partial charge in [-0.25, -0.2) is 23.1 Å². The zero-order valence-corrected chi connectivity index (χ0v) is 19.8. The summed E-state index contributed by atoms with van der Waals surface area (Å²) in [4.78, 5) is 23.5. The summed E-state index contributed by atoms with van der Waals surface area (Å²) < 4.78 is 47.9. The highest BCUT2D eigenvalue weighted by atomic mass is 19.3. The third kappa shape index (κ3) is 3.96. The third-order valence-corrected chi connectivity index (χ3v) is 6.88. The van der Waals surface area contributed by atoms with E-state index >= 15 is 0 Å². The van der Waals surface area contributed by atoms with Gasteiger partial charge in [0.2, 0.25) is 0 Å². The first-order chi connectivity index (χ1) is 16.3. The number of rotatable bonds is 5. The number of pyridine rings is 1. The molecule has 1 saturated heterocycles. The van der Waals surface area contributed by atoms with E-state index in [0.29, 0.717) is 36.0 Å². The lowest BCUT2D eigenvalue weighted by molar-refractivity contribution is 0.0799. The van der Waals surface area contributed by atoms with Crippen molar-refractivity contribution >= 4 is 16.9 Å². The molecular weight excluding hydrogens is 445 g/mol. The van der Waals surface area contributed by atoms with Gasteiger partial charge in [0, 0.05) is 43.8 Å². The number of alkyl halides is 2. The van der Waals surface area contributed by atoms with Crippen LogP contribution in [-0.2, 0) is 23.7 Å². The number of hydrogen-bond donors (Lipinski definition) is 0. The average Bonchev–Trinajstić information content (AvgIpc) is 3.59. The summed E-state index contributed by atoms with van der Waals surface area (Å²) in [6, 6.07) is 5.86. The average molecular weight is 475 g/mol. The highest BCUT2D eigenvalue weighted by molar-refractivity contribution is 5.87. The molecule has 1 saturated carbocycles. The van der Waals surface area contributed by atoms with Gasteiger partial charge in [-0.3, -0.25) is 9.36 Å². The molecule has 5 rings (SSSR count). The number of aromatic nitrogens is 3. The lowest BCUT2D eigenvalue weighted by Gasteiger charge is -2.25. The number of aryl methyl sites for hydroxylation is 1. The molecule has 3 heterocycles. The number of hydrogen-bond acceptors (Lipinski definition) is 5. The zero-order valence-electron chi connectivity index (χ0n) is 19.8. The minimum Gasteiger partial charge on any atom is -0.381 e. The van der Waals surface area contributed by atoms with E-state index in [1.807, 2.05) is 19.9 Å². The SMILES string of the molecule is CC.CN(Cc1cccc(C(F)F)c1F)c1ncnc2c1cc(C13CCOCC1C3)c(=O)n2C. The van der Waals surface area contributed by atoms with Crippen LogP contribution in [-0.4, -0.2) is 34.8 Å². The molecule has 0 amide bonds. The molecule has 1 aliphatic heterocycles. The van der Waals surface area contributed by atoms with Crippen LogP contribution in [0.1, 0.15) is 49.8 Å². The molecule has 0 spiro atoms. The smallest absolute Gasteiger partial charge is 0.266 e. The van der Waals surface area contributed by atoms with E-state index in [4.69, 9.17) is 4.74 Å². The second-order valence-electron chi connectivity index (χ2n) is 8.72. The van der Waals surface area contributed by atoms with E-state index in [2.05, 4.69) is 9.97 Å². The van der Waals surface area contributed by atoms with Crippen molar-refractivity contribution < 1.29 is 17.9 Å². The number of fused-ring (bicyclic) bond motifs is 2. The van der Waals surface area contributed by atoms with Crippen LogP contribution >= 0.6 is 0 Å². The topological polar surface area (TPSA) is 60.2 Å². The Kier molecular flexibility index (Phi) is 6.66. The van der Waals surface area contributed by atoms with Gasteiger partial charge < -0.3 is 9.64 Å². The number of ether oxygens (including phenoxy) is 1.